The van der Waals surface area contributed by atoms with Crippen molar-refractivity contribution in [3.8, 4) is 0 Å². The molecular weight excluding hydrogens is 378 g/mol. The topological polar surface area (TPSA) is 61.9 Å². The highest BCUT2D eigenvalue weighted by Gasteiger charge is 2.55. The minimum Gasteiger partial charge on any atom is -0.440 e. The smallest absolute Gasteiger partial charge is 0.410 e. The van der Waals surface area contributed by atoms with Crippen LogP contribution in [0.2, 0.25) is 5.02 Å². The Balaban J connectivity index is 1.47. The first-order valence-electron chi connectivity index (χ1n) is 10.1. The van der Waals surface area contributed by atoms with E-state index in [2.05, 4.69) is 5.32 Å². The van der Waals surface area contributed by atoms with Crippen LogP contribution in [-0.2, 0) is 4.74 Å². The van der Waals surface area contributed by atoms with Crippen molar-refractivity contribution in [1.29, 1.82) is 0 Å². The average Bonchev–Trinajstić information content (AvgIpc) is 2.91. The van der Waals surface area contributed by atoms with Gasteiger partial charge >= 0.3 is 6.09 Å². The first-order chi connectivity index (χ1) is 13.4. The molecular formula is C21H28ClN3O3. The summed E-state index contributed by atoms with van der Waals surface area (Å²) in [5.41, 5.74) is 1.13. The van der Waals surface area contributed by atoms with Crippen molar-refractivity contribution in [3.63, 3.8) is 0 Å². The molecule has 1 atom stereocenters. The minimum atomic E-state index is -0.382. The van der Waals surface area contributed by atoms with E-state index < -0.39 is 0 Å². The molecule has 28 heavy (non-hydrogen) atoms. The van der Waals surface area contributed by atoms with Crippen LogP contribution in [0, 0.1) is 12.8 Å². The third-order valence-electron chi connectivity index (χ3n) is 6.69. The van der Waals surface area contributed by atoms with Gasteiger partial charge in [-0.05, 0) is 50.4 Å². The van der Waals surface area contributed by atoms with Crippen LogP contribution in [0.15, 0.2) is 18.2 Å². The van der Waals surface area contributed by atoms with Gasteiger partial charge in [-0.3, -0.25) is 4.79 Å². The van der Waals surface area contributed by atoms with Crippen molar-refractivity contribution in [2.45, 2.75) is 44.2 Å². The summed E-state index contributed by atoms with van der Waals surface area (Å²) >= 11 is 6.29. The maximum atomic E-state index is 13.0. The minimum absolute atomic E-state index is 0.00484. The second kappa shape index (κ2) is 7.56. The van der Waals surface area contributed by atoms with E-state index in [0.29, 0.717) is 29.6 Å². The van der Waals surface area contributed by atoms with Crippen molar-refractivity contribution in [2.75, 3.05) is 33.2 Å². The molecule has 1 spiro atoms. The Morgan fingerprint density at radius 2 is 1.93 bits per heavy atom. The zero-order chi connectivity index (χ0) is 19.9. The molecule has 0 aliphatic carbocycles. The number of hydrogen-bond acceptors (Lipinski definition) is 4. The lowest BCUT2D eigenvalue weighted by Gasteiger charge is -2.44. The molecule has 1 aromatic rings. The fourth-order valence-corrected chi connectivity index (χ4v) is 5.55. The Hall–Kier alpha value is -1.79. The quantitative estimate of drug-likeness (QED) is 0.821. The molecule has 2 amide bonds. The summed E-state index contributed by atoms with van der Waals surface area (Å²) in [5, 5.41) is 3.87. The van der Waals surface area contributed by atoms with E-state index in [1.807, 2.05) is 31.0 Å². The molecule has 3 aliphatic heterocycles. The summed E-state index contributed by atoms with van der Waals surface area (Å²) in [5.74, 6) is 0.344. The maximum Gasteiger partial charge on any atom is 0.410 e. The molecule has 1 unspecified atom stereocenters. The summed E-state index contributed by atoms with van der Waals surface area (Å²) in [6, 6.07) is 5.64. The van der Waals surface area contributed by atoms with Gasteiger partial charge in [0.2, 0.25) is 0 Å². The van der Waals surface area contributed by atoms with E-state index in [1.165, 1.54) is 0 Å². The van der Waals surface area contributed by atoms with Gasteiger partial charge in [-0.15, -0.1) is 0 Å². The van der Waals surface area contributed by atoms with E-state index in [9.17, 15) is 9.59 Å². The predicted octanol–water partition coefficient (Wildman–Crippen LogP) is 3.07. The molecule has 1 aromatic carbocycles. The number of nitrogens with zero attached hydrogens (tertiary/aromatic N) is 2. The van der Waals surface area contributed by atoms with Gasteiger partial charge in [-0.2, -0.15) is 0 Å². The van der Waals surface area contributed by atoms with Crippen LogP contribution < -0.4 is 5.32 Å². The first-order valence-corrected chi connectivity index (χ1v) is 10.5. The van der Waals surface area contributed by atoms with E-state index in [0.717, 1.165) is 44.3 Å². The zero-order valence-corrected chi connectivity index (χ0v) is 17.3. The normalized spacial score (nSPS) is 25.2. The molecule has 6 nitrogen and oxygen atoms in total. The summed E-state index contributed by atoms with van der Waals surface area (Å²) in [4.78, 5) is 29.1. The number of likely N-dealkylation sites (N-methyl/N-ethyl adjacent to an activating group) is 1. The number of amides is 2. The maximum absolute atomic E-state index is 13.0. The van der Waals surface area contributed by atoms with Crippen LogP contribution in [0.5, 0.6) is 0 Å². The van der Waals surface area contributed by atoms with Crippen molar-refractivity contribution in [1.82, 2.24) is 15.1 Å². The highest BCUT2D eigenvalue weighted by atomic mass is 35.5. The number of benzene rings is 1. The summed E-state index contributed by atoms with van der Waals surface area (Å²) in [7, 11) is 1.86. The third-order valence-corrected chi connectivity index (χ3v) is 7.01. The van der Waals surface area contributed by atoms with Crippen molar-refractivity contribution >= 4 is 23.6 Å². The van der Waals surface area contributed by atoms with Gasteiger partial charge in [-0.25, -0.2) is 4.79 Å². The number of piperidine rings is 2. The monoisotopic (exact) mass is 405 g/mol. The molecule has 3 saturated heterocycles. The third kappa shape index (κ3) is 3.26. The van der Waals surface area contributed by atoms with Crippen LogP contribution in [0.25, 0.3) is 0 Å². The Bertz CT molecular complexity index is 750. The van der Waals surface area contributed by atoms with E-state index in [4.69, 9.17) is 16.3 Å². The van der Waals surface area contributed by atoms with Gasteiger partial charge in [-0.1, -0.05) is 23.7 Å². The Morgan fingerprint density at radius 3 is 2.57 bits per heavy atom. The van der Waals surface area contributed by atoms with Crippen LogP contribution in [0.1, 0.15) is 41.6 Å². The van der Waals surface area contributed by atoms with Gasteiger partial charge in [0.1, 0.15) is 5.60 Å². The standard InChI is InChI=1S/C21H28ClN3O3/c1-14-4-3-5-16(22)17(14)19(26)25-12-6-15(7-13-25)18-21(8-10-23-11-9-21)28-20(27)24(18)2/h3-5,15,18,23H,6-13H2,1-2H3. The Labute approximate surface area is 171 Å². The molecule has 4 rings (SSSR count). The van der Waals surface area contributed by atoms with Gasteiger partial charge < -0.3 is 19.9 Å². The van der Waals surface area contributed by atoms with Crippen LogP contribution in [0.4, 0.5) is 4.79 Å². The summed E-state index contributed by atoms with van der Waals surface area (Å²) in [6.07, 6.45) is 3.24. The SMILES string of the molecule is Cc1cccc(Cl)c1C(=O)N1CCC(C2N(C)C(=O)OC23CCNCC3)CC1. The number of halogens is 1. The number of rotatable bonds is 2. The van der Waals surface area contributed by atoms with Crippen LogP contribution in [0.3, 0.4) is 0 Å². The van der Waals surface area contributed by atoms with Crippen LogP contribution >= 0.6 is 11.6 Å². The fourth-order valence-electron chi connectivity index (χ4n) is 5.25. The molecule has 7 heteroatoms. The molecule has 1 N–H and O–H groups in total. The highest BCUT2D eigenvalue weighted by molar-refractivity contribution is 6.34. The molecule has 3 fully saturated rings. The first kappa shape index (κ1) is 19.5. The molecule has 0 saturated carbocycles. The van der Waals surface area contributed by atoms with E-state index in [-0.39, 0.29) is 23.6 Å². The summed E-state index contributed by atoms with van der Waals surface area (Å²) in [6.45, 7) is 5.03. The van der Waals surface area contributed by atoms with E-state index >= 15 is 0 Å². The van der Waals surface area contributed by atoms with Gasteiger partial charge in [0.15, 0.2) is 0 Å². The second-order valence-electron chi connectivity index (χ2n) is 8.30. The number of carbonyl (C=O) groups excluding carboxylic acids is 2. The van der Waals surface area contributed by atoms with E-state index in [1.54, 1.807) is 11.0 Å². The number of likely N-dealkylation sites (tertiary alicyclic amines) is 1. The van der Waals surface area contributed by atoms with Crippen molar-refractivity contribution in [3.05, 3.63) is 34.3 Å². The number of ether oxygens (including phenoxy) is 1. The predicted molar refractivity (Wildman–Crippen MR) is 108 cm³/mol. The molecule has 0 radical (unpaired) electrons. The average molecular weight is 406 g/mol. The van der Waals surface area contributed by atoms with Gasteiger partial charge in [0, 0.05) is 33.0 Å². The highest BCUT2D eigenvalue weighted by Crippen LogP contribution is 2.43. The lowest BCUT2D eigenvalue weighted by Crippen LogP contribution is -2.56. The lowest BCUT2D eigenvalue weighted by atomic mass is 9.75. The van der Waals surface area contributed by atoms with Gasteiger partial charge in [0.05, 0.1) is 16.6 Å². The second-order valence-corrected chi connectivity index (χ2v) is 8.71. The number of hydrogen-bond donors (Lipinski definition) is 1. The van der Waals surface area contributed by atoms with Crippen molar-refractivity contribution in [2.24, 2.45) is 5.92 Å². The summed E-state index contributed by atoms with van der Waals surface area (Å²) < 4.78 is 5.89. The number of nitrogens with one attached hydrogen (secondary N) is 1. The molecule has 0 bridgehead atoms. The van der Waals surface area contributed by atoms with Gasteiger partial charge in [0.25, 0.3) is 5.91 Å². The molecule has 0 aromatic heterocycles. The molecule has 152 valence electrons. The largest absolute Gasteiger partial charge is 0.440 e. The lowest BCUT2D eigenvalue weighted by molar-refractivity contribution is -0.0166. The zero-order valence-electron chi connectivity index (χ0n) is 16.5. The molecule has 3 aliphatic rings. The van der Waals surface area contributed by atoms with Crippen LogP contribution in [-0.4, -0.2) is 66.7 Å². The Morgan fingerprint density at radius 1 is 1.25 bits per heavy atom. The Kier molecular flexibility index (Phi) is 5.27. The fraction of sp³-hybridized carbons (Fsp3) is 0.619. The number of aryl methyl sites for hydroxylation is 1. The molecule has 3 heterocycles. The number of carbonyl (C=O) groups is 2. The van der Waals surface area contributed by atoms with Crippen molar-refractivity contribution < 1.29 is 14.3 Å².